The summed E-state index contributed by atoms with van der Waals surface area (Å²) in [6.07, 6.45) is 0. The number of para-hydroxylation sites is 1. The van der Waals surface area contributed by atoms with Crippen LogP contribution < -0.4 is 14.3 Å². The number of sulfonamides is 1. The lowest BCUT2D eigenvalue weighted by molar-refractivity contribution is -0.114. The van der Waals surface area contributed by atoms with Crippen LogP contribution in [0.3, 0.4) is 0 Å². The molecule has 0 radical (unpaired) electrons. The number of anilines is 3. The summed E-state index contributed by atoms with van der Waals surface area (Å²) in [5.41, 5.74) is 2.19. The first-order chi connectivity index (χ1) is 16.8. The van der Waals surface area contributed by atoms with Gasteiger partial charge in [0.25, 0.3) is 10.0 Å². The first-order valence-corrected chi connectivity index (χ1v) is 13.6. The van der Waals surface area contributed by atoms with Crippen LogP contribution in [0, 0.1) is 19.7 Å². The number of aryl methyl sites for hydroxylation is 2. The number of benzene rings is 3. The minimum absolute atomic E-state index is 0.0244. The number of hydrogen-bond donors (Lipinski definition) is 2. The first-order valence-electron chi connectivity index (χ1n) is 10.8. The number of halogens is 1. The normalized spacial score (nSPS) is 11.8. The summed E-state index contributed by atoms with van der Waals surface area (Å²) >= 11 is 0. The molecule has 1 amide bonds. The maximum Gasteiger partial charge on any atom is 0.304 e. The van der Waals surface area contributed by atoms with Gasteiger partial charge in [-0.25, -0.2) is 17.1 Å². The topological polar surface area (TPSA) is 116 Å². The number of carbonyl (C=O) groups excluding carboxylic acids is 1. The first kappa shape index (κ1) is 27.1. The largest absolute Gasteiger partial charge is 0.325 e. The van der Waals surface area contributed by atoms with Gasteiger partial charge >= 0.3 is 10.2 Å². The standard InChI is InChI=1S/C24H27FN4O5S2/c1-17-9-14-22(18(2)15-17)27-35(31,32)20-12-10-19(11-13-20)26-24(30)16-29(36(33,34)28(3)4)23-8-6-5-7-21(23)25/h5-15,27H,16H2,1-4H3,(H,26,30). The van der Waals surface area contributed by atoms with Crippen molar-refractivity contribution in [3.05, 3.63) is 83.7 Å². The maximum absolute atomic E-state index is 14.3. The third-order valence-electron chi connectivity index (χ3n) is 5.22. The van der Waals surface area contributed by atoms with Gasteiger partial charge in [0.1, 0.15) is 12.4 Å². The van der Waals surface area contributed by atoms with Crippen LogP contribution in [0.15, 0.2) is 71.6 Å². The minimum atomic E-state index is -4.19. The molecule has 36 heavy (non-hydrogen) atoms. The number of amides is 1. The van der Waals surface area contributed by atoms with Gasteiger partial charge in [-0.05, 0) is 61.9 Å². The monoisotopic (exact) mass is 534 g/mol. The Bertz CT molecular complexity index is 1470. The van der Waals surface area contributed by atoms with Gasteiger partial charge < -0.3 is 5.32 Å². The SMILES string of the molecule is Cc1ccc(NS(=O)(=O)c2ccc(NC(=O)CN(c3ccccc3F)S(=O)(=O)N(C)C)cc2)c(C)c1. The summed E-state index contributed by atoms with van der Waals surface area (Å²) in [5.74, 6) is -1.55. The molecule has 0 atom stereocenters. The van der Waals surface area contributed by atoms with Crippen LogP contribution in [-0.4, -0.2) is 47.7 Å². The van der Waals surface area contributed by atoms with Crippen molar-refractivity contribution in [1.29, 1.82) is 0 Å². The van der Waals surface area contributed by atoms with Crippen molar-refractivity contribution >= 4 is 43.2 Å². The molecule has 0 aliphatic carbocycles. The predicted octanol–water partition coefficient (Wildman–Crippen LogP) is 3.49. The van der Waals surface area contributed by atoms with Gasteiger partial charge in [-0.2, -0.15) is 12.7 Å². The highest BCUT2D eigenvalue weighted by Crippen LogP contribution is 2.24. The van der Waals surface area contributed by atoms with Gasteiger partial charge in [0, 0.05) is 19.8 Å². The molecule has 0 aromatic heterocycles. The van der Waals surface area contributed by atoms with Crippen LogP contribution in [0.2, 0.25) is 0 Å². The molecule has 0 spiro atoms. The zero-order chi connectivity index (χ0) is 26.7. The van der Waals surface area contributed by atoms with Crippen LogP contribution in [0.5, 0.6) is 0 Å². The molecule has 0 heterocycles. The van der Waals surface area contributed by atoms with E-state index < -0.39 is 38.5 Å². The van der Waals surface area contributed by atoms with E-state index in [-0.39, 0.29) is 16.3 Å². The van der Waals surface area contributed by atoms with Crippen LogP contribution in [0.25, 0.3) is 0 Å². The van der Waals surface area contributed by atoms with Crippen molar-refractivity contribution in [2.24, 2.45) is 0 Å². The van der Waals surface area contributed by atoms with Gasteiger partial charge in [-0.1, -0.05) is 29.8 Å². The number of nitrogens with zero attached hydrogens (tertiary/aromatic N) is 2. The Morgan fingerprint density at radius 3 is 2.14 bits per heavy atom. The van der Waals surface area contributed by atoms with Crippen molar-refractivity contribution in [2.75, 3.05) is 35.0 Å². The summed E-state index contributed by atoms with van der Waals surface area (Å²) in [6.45, 7) is 3.00. The van der Waals surface area contributed by atoms with Gasteiger partial charge in [0.05, 0.1) is 16.3 Å². The second-order valence-electron chi connectivity index (χ2n) is 8.24. The summed E-state index contributed by atoms with van der Waals surface area (Å²) < 4.78 is 69.5. The van der Waals surface area contributed by atoms with Crippen molar-refractivity contribution < 1.29 is 26.0 Å². The Kier molecular flexibility index (Phi) is 8.02. The molecule has 0 aliphatic rings. The second-order valence-corrected chi connectivity index (χ2v) is 12.0. The van der Waals surface area contributed by atoms with E-state index in [1.54, 1.807) is 19.1 Å². The van der Waals surface area contributed by atoms with Crippen LogP contribution in [0.1, 0.15) is 11.1 Å². The van der Waals surface area contributed by atoms with E-state index in [4.69, 9.17) is 0 Å². The molecular formula is C24H27FN4O5S2. The average Bonchev–Trinajstić information content (AvgIpc) is 2.80. The lowest BCUT2D eigenvalue weighted by Gasteiger charge is -2.27. The zero-order valence-corrected chi connectivity index (χ0v) is 21.8. The fourth-order valence-corrected chi connectivity index (χ4v) is 5.52. The Balaban J connectivity index is 1.77. The molecule has 0 unspecified atom stereocenters. The van der Waals surface area contributed by atoms with Crippen LogP contribution in [0.4, 0.5) is 21.5 Å². The van der Waals surface area contributed by atoms with E-state index in [1.807, 2.05) is 13.0 Å². The van der Waals surface area contributed by atoms with Gasteiger partial charge in [-0.3, -0.25) is 9.52 Å². The fraction of sp³-hybridized carbons (Fsp3) is 0.208. The Morgan fingerprint density at radius 2 is 1.56 bits per heavy atom. The fourth-order valence-electron chi connectivity index (χ4n) is 3.32. The van der Waals surface area contributed by atoms with Crippen LogP contribution >= 0.6 is 0 Å². The third kappa shape index (κ3) is 6.20. The third-order valence-corrected chi connectivity index (χ3v) is 8.41. The summed E-state index contributed by atoms with van der Waals surface area (Å²) in [6, 6.07) is 15.9. The molecule has 3 rings (SSSR count). The molecule has 0 saturated heterocycles. The summed E-state index contributed by atoms with van der Waals surface area (Å²) in [7, 11) is -5.53. The number of hydrogen-bond acceptors (Lipinski definition) is 5. The molecule has 0 aliphatic heterocycles. The smallest absolute Gasteiger partial charge is 0.304 e. The van der Waals surface area contributed by atoms with Gasteiger partial charge in [0.2, 0.25) is 5.91 Å². The van der Waals surface area contributed by atoms with Crippen molar-refractivity contribution in [3.63, 3.8) is 0 Å². The Labute approximate surface area is 210 Å². The predicted molar refractivity (Wildman–Crippen MR) is 138 cm³/mol. The lowest BCUT2D eigenvalue weighted by atomic mass is 10.1. The molecule has 9 nitrogen and oxygen atoms in total. The van der Waals surface area contributed by atoms with Gasteiger partial charge in [-0.15, -0.1) is 0 Å². The summed E-state index contributed by atoms with van der Waals surface area (Å²) in [4.78, 5) is 12.7. The molecule has 0 saturated carbocycles. The van der Waals surface area contributed by atoms with Crippen molar-refractivity contribution in [3.8, 4) is 0 Å². The van der Waals surface area contributed by atoms with E-state index in [9.17, 15) is 26.0 Å². The second kappa shape index (κ2) is 10.6. The molecule has 192 valence electrons. The molecule has 3 aromatic rings. The number of carbonyl (C=O) groups is 1. The van der Waals surface area contributed by atoms with E-state index in [2.05, 4.69) is 10.0 Å². The molecule has 3 aromatic carbocycles. The molecular weight excluding hydrogens is 507 g/mol. The quantitative estimate of drug-likeness (QED) is 0.436. The van der Waals surface area contributed by atoms with E-state index >= 15 is 0 Å². The van der Waals surface area contributed by atoms with E-state index in [1.165, 1.54) is 56.6 Å². The molecule has 2 N–H and O–H groups in total. The van der Waals surface area contributed by atoms with E-state index in [0.717, 1.165) is 21.5 Å². The van der Waals surface area contributed by atoms with E-state index in [0.29, 0.717) is 9.99 Å². The minimum Gasteiger partial charge on any atom is -0.325 e. The average molecular weight is 535 g/mol. The molecule has 12 heteroatoms. The van der Waals surface area contributed by atoms with Crippen LogP contribution in [-0.2, 0) is 25.0 Å². The Hall–Kier alpha value is -3.48. The highest BCUT2D eigenvalue weighted by molar-refractivity contribution is 7.92. The lowest BCUT2D eigenvalue weighted by Crippen LogP contribution is -2.44. The molecule has 0 fully saturated rings. The number of rotatable bonds is 9. The van der Waals surface area contributed by atoms with Gasteiger partial charge in [0.15, 0.2) is 0 Å². The summed E-state index contributed by atoms with van der Waals surface area (Å²) in [5, 5.41) is 2.52. The van der Waals surface area contributed by atoms with Crippen molar-refractivity contribution in [2.45, 2.75) is 18.7 Å². The maximum atomic E-state index is 14.3. The highest BCUT2D eigenvalue weighted by Gasteiger charge is 2.29. The van der Waals surface area contributed by atoms with Crippen molar-refractivity contribution in [1.82, 2.24) is 4.31 Å². The number of nitrogens with one attached hydrogen (secondary N) is 2. The zero-order valence-electron chi connectivity index (χ0n) is 20.2. The highest BCUT2D eigenvalue weighted by atomic mass is 32.2. The Morgan fingerprint density at radius 1 is 0.917 bits per heavy atom. The molecule has 0 bridgehead atoms.